The van der Waals surface area contributed by atoms with Gasteiger partial charge in [-0.3, -0.25) is 0 Å². The summed E-state index contributed by atoms with van der Waals surface area (Å²) in [5, 5.41) is 9.95. The standard InChI is InChI=1S/C8H10ClNO/c1-8(10,11)6-2-4-7(9)5-3-6/h2-5,11H,10H2,1H3. The molecule has 0 aliphatic carbocycles. The van der Waals surface area contributed by atoms with Gasteiger partial charge in [-0.25, -0.2) is 0 Å². The minimum Gasteiger partial charge on any atom is -0.372 e. The van der Waals surface area contributed by atoms with E-state index in [1.54, 1.807) is 24.3 Å². The van der Waals surface area contributed by atoms with E-state index in [9.17, 15) is 5.11 Å². The summed E-state index contributed by atoms with van der Waals surface area (Å²) in [5.41, 5.74) is 4.80. The van der Waals surface area contributed by atoms with Gasteiger partial charge < -0.3 is 10.8 Å². The number of nitrogens with two attached hydrogens (primary N) is 1. The summed E-state index contributed by atoms with van der Waals surface area (Å²) in [6.07, 6.45) is 0. The fourth-order valence-corrected chi connectivity index (χ4v) is 0.913. The molecule has 0 bridgehead atoms. The summed E-state index contributed by atoms with van der Waals surface area (Å²) in [4.78, 5) is 0. The fourth-order valence-electron chi connectivity index (χ4n) is 0.787. The summed E-state index contributed by atoms with van der Waals surface area (Å²) in [5.74, 6) is 0. The predicted molar refractivity (Wildman–Crippen MR) is 45.2 cm³/mol. The van der Waals surface area contributed by atoms with Crippen LogP contribution in [0.1, 0.15) is 12.5 Å². The minimum atomic E-state index is -1.27. The van der Waals surface area contributed by atoms with Crippen molar-refractivity contribution in [1.82, 2.24) is 0 Å². The second kappa shape index (κ2) is 2.81. The summed E-state index contributed by atoms with van der Waals surface area (Å²) in [7, 11) is 0. The molecule has 0 saturated carbocycles. The molecular formula is C8H10ClNO. The first-order valence-electron chi connectivity index (χ1n) is 3.27. The SMILES string of the molecule is CC(N)(O)c1ccc(Cl)cc1. The van der Waals surface area contributed by atoms with Crippen molar-refractivity contribution in [2.45, 2.75) is 12.6 Å². The predicted octanol–water partition coefficient (Wildman–Crippen LogP) is 1.46. The van der Waals surface area contributed by atoms with Gasteiger partial charge in [0.25, 0.3) is 0 Å². The topological polar surface area (TPSA) is 46.2 Å². The normalized spacial score (nSPS) is 16.0. The maximum atomic E-state index is 9.31. The molecule has 2 nitrogen and oxygen atoms in total. The molecular weight excluding hydrogens is 162 g/mol. The minimum absolute atomic E-state index is 0.637. The lowest BCUT2D eigenvalue weighted by Crippen LogP contribution is -2.31. The average molecular weight is 172 g/mol. The number of rotatable bonds is 1. The number of hydrogen-bond acceptors (Lipinski definition) is 2. The number of hydrogen-bond donors (Lipinski definition) is 2. The lowest BCUT2D eigenvalue weighted by molar-refractivity contribution is 0.0647. The van der Waals surface area contributed by atoms with Gasteiger partial charge in [0.15, 0.2) is 0 Å². The highest BCUT2D eigenvalue weighted by Crippen LogP contribution is 2.16. The highest BCUT2D eigenvalue weighted by molar-refractivity contribution is 6.30. The van der Waals surface area contributed by atoms with Crippen LogP contribution in [0.4, 0.5) is 0 Å². The van der Waals surface area contributed by atoms with E-state index >= 15 is 0 Å². The number of aliphatic hydroxyl groups is 1. The zero-order chi connectivity index (χ0) is 8.48. The fraction of sp³-hybridized carbons (Fsp3) is 0.250. The molecule has 0 aromatic heterocycles. The molecule has 0 saturated heterocycles. The maximum absolute atomic E-state index is 9.31. The molecule has 0 spiro atoms. The van der Waals surface area contributed by atoms with Gasteiger partial charge in [-0.05, 0) is 24.6 Å². The molecule has 1 rings (SSSR count). The van der Waals surface area contributed by atoms with Crippen LogP contribution < -0.4 is 5.73 Å². The van der Waals surface area contributed by atoms with Crippen LogP contribution in [0.2, 0.25) is 5.02 Å². The second-order valence-corrected chi connectivity index (χ2v) is 3.09. The molecule has 11 heavy (non-hydrogen) atoms. The van der Waals surface area contributed by atoms with E-state index in [4.69, 9.17) is 17.3 Å². The number of benzene rings is 1. The molecule has 0 fully saturated rings. The van der Waals surface area contributed by atoms with Crippen LogP contribution in [0.25, 0.3) is 0 Å². The maximum Gasteiger partial charge on any atom is 0.136 e. The van der Waals surface area contributed by atoms with Crippen molar-refractivity contribution in [2.24, 2.45) is 5.73 Å². The van der Waals surface area contributed by atoms with Gasteiger partial charge in [-0.2, -0.15) is 0 Å². The Kier molecular flexibility index (Phi) is 2.18. The third kappa shape index (κ3) is 2.19. The second-order valence-electron chi connectivity index (χ2n) is 2.65. The van der Waals surface area contributed by atoms with E-state index in [0.717, 1.165) is 0 Å². The Bertz CT molecular complexity index is 237. The zero-order valence-electron chi connectivity index (χ0n) is 6.21. The van der Waals surface area contributed by atoms with Crippen LogP contribution in [0.3, 0.4) is 0 Å². The van der Waals surface area contributed by atoms with E-state index in [2.05, 4.69) is 0 Å². The van der Waals surface area contributed by atoms with E-state index in [-0.39, 0.29) is 0 Å². The molecule has 0 aliphatic heterocycles. The molecule has 0 heterocycles. The quantitative estimate of drug-likeness (QED) is 0.629. The van der Waals surface area contributed by atoms with Crippen LogP contribution in [0.15, 0.2) is 24.3 Å². The van der Waals surface area contributed by atoms with E-state index < -0.39 is 5.72 Å². The van der Waals surface area contributed by atoms with Crippen LogP contribution in [0, 0.1) is 0 Å². The van der Waals surface area contributed by atoms with Crippen LogP contribution in [0.5, 0.6) is 0 Å². The Balaban J connectivity index is 2.99. The van der Waals surface area contributed by atoms with Gasteiger partial charge in [-0.1, -0.05) is 23.7 Å². The summed E-state index contributed by atoms with van der Waals surface area (Å²) in [6.45, 7) is 1.52. The Morgan fingerprint density at radius 2 is 1.82 bits per heavy atom. The lowest BCUT2D eigenvalue weighted by Gasteiger charge is -2.17. The van der Waals surface area contributed by atoms with E-state index in [1.165, 1.54) is 6.92 Å². The van der Waals surface area contributed by atoms with Crippen molar-refractivity contribution in [3.63, 3.8) is 0 Å². The highest BCUT2D eigenvalue weighted by Gasteiger charge is 2.15. The van der Waals surface area contributed by atoms with Gasteiger partial charge in [-0.15, -0.1) is 0 Å². The third-order valence-corrected chi connectivity index (χ3v) is 1.68. The summed E-state index contributed by atoms with van der Waals surface area (Å²) in [6, 6.07) is 6.78. The lowest BCUT2D eigenvalue weighted by atomic mass is 10.1. The van der Waals surface area contributed by atoms with Gasteiger partial charge in [0, 0.05) is 5.02 Å². The van der Waals surface area contributed by atoms with Crippen LogP contribution in [-0.4, -0.2) is 5.11 Å². The van der Waals surface area contributed by atoms with Crippen molar-refractivity contribution >= 4 is 11.6 Å². The Hall–Kier alpha value is -0.570. The molecule has 1 aromatic carbocycles. The Morgan fingerprint density at radius 3 is 2.18 bits per heavy atom. The smallest absolute Gasteiger partial charge is 0.136 e. The first-order valence-corrected chi connectivity index (χ1v) is 3.65. The highest BCUT2D eigenvalue weighted by atomic mass is 35.5. The first-order chi connectivity index (χ1) is 5.00. The van der Waals surface area contributed by atoms with Crippen molar-refractivity contribution in [3.8, 4) is 0 Å². The molecule has 1 aromatic rings. The molecule has 1 unspecified atom stereocenters. The Morgan fingerprint density at radius 1 is 1.36 bits per heavy atom. The molecule has 60 valence electrons. The van der Waals surface area contributed by atoms with Crippen molar-refractivity contribution in [1.29, 1.82) is 0 Å². The largest absolute Gasteiger partial charge is 0.372 e. The van der Waals surface area contributed by atoms with Gasteiger partial charge in [0.05, 0.1) is 0 Å². The van der Waals surface area contributed by atoms with E-state index in [0.29, 0.717) is 10.6 Å². The first kappa shape index (κ1) is 8.53. The van der Waals surface area contributed by atoms with E-state index in [1.807, 2.05) is 0 Å². The molecule has 1 atom stereocenters. The molecule has 0 aliphatic rings. The van der Waals surface area contributed by atoms with Crippen molar-refractivity contribution in [3.05, 3.63) is 34.9 Å². The summed E-state index contributed by atoms with van der Waals surface area (Å²) < 4.78 is 0. The zero-order valence-corrected chi connectivity index (χ0v) is 6.97. The van der Waals surface area contributed by atoms with Crippen molar-refractivity contribution < 1.29 is 5.11 Å². The number of halogens is 1. The average Bonchev–Trinajstić information content (AvgIpc) is 1.86. The van der Waals surface area contributed by atoms with Crippen molar-refractivity contribution in [2.75, 3.05) is 0 Å². The molecule has 0 amide bonds. The summed E-state index contributed by atoms with van der Waals surface area (Å²) >= 11 is 5.64. The molecule has 0 radical (unpaired) electrons. The monoisotopic (exact) mass is 171 g/mol. The Labute approximate surface area is 70.6 Å². The van der Waals surface area contributed by atoms with Gasteiger partial charge in [0.1, 0.15) is 5.72 Å². The van der Waals surface area contributed by atoms with Gasteiger partial charge >= 0.3 is 0 Å². The van der Waals surface area contributed by atoms with Crippen LogP contribution in [-0.2, 0) is 5.72 Å². The molecule has 3 heteroatoms. The third-order valence-electron chi connectivity index (χ3n) is 1.43. The van der Waals surface area contributed by atoms with Crippen LogP contribution >= 0.6 is 11.6 Å². The van der Waals surface area contributed by atoms with Gasteiger partial charge in [0.2, 0.25) is 0 Å². The molecule has 3 N–H and O–H groups in total.